The third kappa shape index (κ3) is 3.05. The van der Waals surface area contributed by atoms with Gasteiger partial charge in [0.1, 0.15) is 17.6 Å². The van der Waals surface area contributed by atoms with E-state index in [4.69, 9.17) is 4.42 Å². The molecule has 1 unspecified atom stereocenters. The summed E-state index contributed by atoms with van der Waals surface area (Å²) in [6.07, 6.45) is 1.48. The van der Waals surface area contributed by atoms with Crippen molar-refractivity contribution in [3.8, 4) is 0 Å². The summed E-state index contributed by atoms with van der Waals surface area (Å²) in [5.41, 5.74) is 3.31. The van der Waals surface area contributed by atoms with Crippen molar-refractivity contribution in [2.45, 2.75) is 19.9 Å². The van der Waals surface area contributed by atoms with Crippen LogP contribution in [-0.2, 0) is 9.59 Å². The first-order valence-electron chi connectivity index (χ1n) is 9.73. The molecule has 0 bridgehead atoms. The highest BCUT2D eigenvalue weighted by Gasteiger charge is 2.49. The van der Waals surface area contributed by atoms with Gasteiger partial charge in [0.25, 0.3) is 5.78 Å². The summed E-state index contributed by atoms with van der Waals surface area (Å²) >= 11 is 1.34. The molecule has 31 heavy (non-hydrogen) atoms. The lowest BCUT2D eigenvalue weighted by molar-refractivity contribution is -0.132. The summed E-state index contributed by atoms with van der Waals surface area (Å²) < 4.78 is 6.51. The van der Waals surface area contributed by atoms with Crippen molar-refractivity contribution in [1.82, 2.24) is 4.98 Å². The molecule has 1 aliphatic rings. The van der Waals surface area contributed by atoms with E-state index < -0.39 is 17.7 Å². The molecule has 0 radical (unpaired) electrons. The molecule has 1 amide bonds. The van der Waals surface area contributed by atoms with E-state index in [-0.39, 0.29) is 11.3 Å². The van der Waals surface area contributed by atoms with Crippen LogP contribution in [0, 0.1) is 13.8 Å². The number of hydrogen-bond donors (Lipinski definition) is 1. The lowest BCUT2D eigenvalue weighted by atomic mass is 9.99. The van der Waals surface area contributed by atoms with Gasteiger partial charge in [-0.3, -0.25) is 14.5 Å². The molecule has 154 valence electrons. The van der Waals surface area contributed by atoms with Crippen LogP contribution >= 0.6 is 11.3 Å². The Hall–Kier alpha value is -3.71. The maximum atomic E-state index is 13.1. The predicted octanol–water partition coefficient (Wildman–Crippen LogP) is 5.13. The molecule has 1 saturated heterocycles. The molecule has 0 spiro atoms. The fourth-order valence-electron chi connectivity index (χ4n) is 3.96. The minimum Gasteiger partial charge on any atom is -0.507 e. The molecule has 0 saturated carbocycles. The Labute approximate surface area is 182 Å². The number of aryl methyl sites for hydroxylation is 2. The van der Waals surface area contributed by atoms with Gasteiger partial charge in [0.05, 0.1) is 22.1 Å². The van der Waals surface area contributed by atoms with E-state index in [9.17, 15) is 14.7 Å². The number of fused-ring (bicyclic) bond motifs is 1. The Balaban J connectivity index is 1.73. The summed E-state index contributed by atoms with van der Waals surface area (Å²) in [6, 6.07) is 15.2. The van der Waals surface area contributed by atoms with Gasteiger partial charge in [0.2, 0.25) is 0 Å². The van der Waals surface area contributed by atoms with Crippen LogP contribution in [0.5, 0.6) is 0 Å². The number of carbonyl (C=O) groups excluding carboxylic acids is 2. The number of aromatic nitrogens is 1. The Morgan fingerprint density at radius 1 is 1.10 bits per heavy atom. The maximum Gasteiger partial charge on any atom is 0.302 e. The van der Waals surface area contributed by atoms with Gasteiger partial charge in [0.15, 0.2) is 5.13 Å². The molecule has 3 heterocycles. The number of amides is 1. The van der Waals surface area contributed by atoms with Gasteiger partial charge in [0, 0.05) is 5.56 Å². The second-order valence-corrected chi connectivity index (χ2v) is 8.48. The molecular weight excluding hydrogens is 412 g/mol. The first kappa shape index (κ1) is 19.3. The average molecular weight is 430 g/mol. The van der Waals surface area contributed by atoms with Crippen molar-refractivity contribution in [2.75, 3.05) is 4.90 Å². The van der Waals surface area contributed by atoms with E-state index in [1.807, 2.05) is 32.0 Å². The fraction of sp³-hybridized carbons (Fsp3) is 0.125. The van der Waals surface area contributed by atoms with E-state index in [2.05, 4.69) is 4.98 Å². The zero-order chi connectivity index (χ0) is 21.7. The summed E-state index contributed by atoms with van der Waals surface area (Å²) in [7, 11) is 0. The third-order valence-electron chi connectivity index (χ3n) is 5.33. The number of thiazole rings is 1. The number of furan rings is 1. The molecule has 4 aromatic rings. The van der Waals surface area contributed by atoms with E-state index in [0.29, 0.717) is 16.5 Å². The van der Waals surface area contributed by atoms with Crippen LogP contribution in [-0.4, -0.2) is 21.8 Å². The normalized spacial score (nSPS) is 18.3. The lowest BCUT2D eigenvalue weighted by Gasteiger charge is -2.20. The summed E-state index contributed by atoms with van der Waals surface area (Å²) in [5.74, 6) is -1.37. The molecule has 1 fully saturated rings. The molecule has 6 nitrogen and oxygen atoms in total. The van der Waals surface area contributed by atoms with Crippen LogP contribution in [0.4, 0.5) is 5.13 Å². The lowest BCUT2D eigenvalue weighted by Crippen LogP contribution is -2.29. The van der Waals surface area contributed by atoms with Crippen molar-refractivity contribution < 1.29 is 19.1 Å². The largest absolute Gasteiger partial charge is 0.507 e. The summed E-state index contributed by atoms with van der Waals surface area (Å²) in [4.78, 5) is 32.2. The van der Waals surface area contributed by atoms with Crippen molar-refractivity contribution in [1.29, 1.82) is 0 Å². The number of hydrogen-bond acceptors (Lipinski definition) is 6. The van der Waals surface area contributed by atoms with Gasteiger partial charge < -0.3 is 9.52 Å². The van der Waals surface area contributed by atoms with Crippen molar-refractivity contribution >= 4 is 44.1 Å². The minimum atomic E-state index is -0.905. The standard InChI is InChI=1S/C24H18N2O4S/c1-13-11-14(2)19-17(12-13)31-24(25-19)26-20(16-9-6-10-30-16)18(22(28)23(26)29)21(27)15-7-4-3-5-8-15/h3-12,20,27H,1-2H3. The monoisotopic (exact) mass is 430 g/mol. The first-order chi connectivity index (χ1) is 15.0. The molecule has 2 aromatic heterocycles. The SMILES string of the molecule is Cc1cc(C)c2nc(N3C(=O)C(=O)C(=C(O)c4ccccc4)C3c3ccco3)sc2c1. The van der Waals surface area contributed by atoms with E-state index in [1.165, 1.54) is 22.5 Å². The van der Waals surface area contributed by atoms with Crippen molar-refractivity contribution in [2.24, 2.45) is 0 Å². The van der Waals surface area contributed by atoms with E-state index in [0.717, 1.165) is 21.3 Å². The Kier molecular flexibility index (Phi) is 4.48. The zero-order valence-corrected chi connectivity index (χ0v) is 17.6. The van der Waals surface area contributed by atoms with Crippen LogP contribution < -0.4 is 4.90 Å². The molecular formula is C24H18N2O4S. The van der Waals surface area contributed by atoms with Gasteiger partial charge in [-0.2, -0.15) is 0 Å². The Bertz CT molecular complexity index is 1350. The topological polar surface area (TPSA) is 83.6 Å². The smallest absolute Gasteiger partial charge is 0.302 e. The van der Waals surface area contributed by atoms with Crippen LogP contribution in [0.1, 0.15) is 28.5 Å². The van der Waals surface area contributed by atoms with Crippen LogP contribution in [0.2, 0.25) is 0 Å². The number of rotatable bonds is 3. The minimum absolute atomic E-state index is 0.0155. The maximum absolute atomic E-state index is 13.1. The third-order valence-corrected chi connectivity index (χ3v) is 6.33. The van der Waals surface area contributed by atoms with Gasteiger partial charge in [-0.15, -0.1) is 0 Å². The quantitative estimate of drug-likeness (QED) is 0.277. The van der Waals surface area contributed by atoms with Gasteiger partial charge >= 0.3 is 5.91 Å². The highest BCUT2D eigenvalue weighted by molar-refractivity contribution is 7.22. The molecule has 0 aliphatic carbocycles. The second kappa shape index (κ2) is 7.21. The number of anilines is 1. The van der Waals surface area contributed by atoms with Crippen LogP contribution in [0.25, 0.3) is 16.0 Å². The average Bonchev–Trinajstić information content (AvgIpc) is 3.47. The van der Waals surface area contributed by atoms with Gasteiger partial charge in [-0.1, -0.05) is 47.7 Å². The molecule has 5 rings (SSSR count). The molecule has 2 aromatic carbocycles. The first-order valence-corrected chi connectivity index (χ1v) is 10.5. The number of benzene rings is 2. The number of aliphatic hydroxyl groups is 1. The zero-order valence-electron chi connectivity index (χ0n) is 16.8. The number of Topliss-reactive ketones (excluding diaryl/α,β-unsaturated/α-hetero) is 1. The number of ketones is 1. The highest BCUT2D eigenvalue weighted by atomic mass is 32.1. The Morgan fingerprint density at radius 3 is 2.58 bits per heavy atom. The summed E-state index contributed by atoms with van der Waals surface area (Å²) in [6.45, 7) is 3.97. The fourth-order valence-corrected chi connectivity index (χ4v) is 5.13. The second-order valence-electron chi connectivity index (χ2n) is 7.48. The predicted molar refractivity (Wildman–Crippen MR) is 119 cm³/mol. The number of nitrogens with zero attached hydrogens (tertiary/aromatic N) is 2. The van der Waals surface area contributed by atoms with Crippen molar-refractivity contribution in [3.63, 3.8) is 0 Å². The van der Waals surface area contributed by atoms with Gasteiger partial charge in [-0.25, -0.2) is 4.98 Å². The summed E-state index contributed by atoms with van der Waals surface area (Å²) in [5, 5.41) is 11.4. The molecule has 7 heteroatoms. The van der Waals surface area contributed by atoms with Crippen molar-refractivity contribution in [3.05, 3.63) is 88.9 Å². The number of aliphatic hydroxyl groups excluding tert-OH is 1. The molecule has 1 atom stereocenters. The van der Waals surface area contributed by atoms with Crippen LogP contribution in [0.15, 0.2) is 70.9 Å². The van der Waals surface area contributed by atoms with E-state index in [1.54, 1.807) is 36.4 Å². The number of carbonyl (C=O) groups is 2. The van der Waals surface area contributed by atoms with Gasteiger partial charge in [-0.05, 0) is 43.2 Å². The highest BCUT2D eigenvalue weighted by Crippen LogP contribution is 2.44. The Morgan fingerprint density at radius 2 is 1.87 bits per heavy atom. The van der Waals surface area contributed by atoms with E-state index >= 15 is 0 Å². The molecule has 1 aliphatic heterocycles. The van der Waals surface area contributed by atoms with Crippen LogP contribution in [0.3, 0.4) is 0 Å². The molecule has 1 N–H and O–H groups in total.